The van der Waals surface area contributed by atoms with Crippen LogP contribution < -0.4 is 5.73 Å². The first kappa shape index (κ1) is 14.5. The van der Waals surface area contributed by atoms with E-state index in [4.69, 9.17) is 5.73 Å². The number of nitrogens with two attached hydrogens (primary N) is 1. The van der Waals surface area contributed by atoms with E-state index in [0.717, 1.165) is 26.1 Å². The largest absolute Gasteiger partial charge is 0.330 e. The molecule has 1 aliphatic carbocycles. The standard InChI is InChI=1S/C16H27N3/c1-2-19(12-10-15-8-5-6-11-18-15)16-9-4-3-7-14(16)13-17/h5-6,8,11,14,16H,2-4,7,9-10,12-13,17H2,1H3. The molecule has 1 aliphatic rings. The zero-order valence-corrected chi connectivity index (χ0v) is 12.1. The molecule has 2 unspecified atom stereocenters. The monoisotopic (exact) mass is 261 g/mol. The van der Waals surface area contributed by atoms with Gasteiger partial charge in [-0.3, -0.25) is 9.88 Å². The van der Waals surface area contributed by atoms with E-state index in [2.05, 4.69) is 28.9 Å². The summed E-state index contributed by atoms with van der Waals surface area (Å²) in [6.45, 7) is 5.33. The summed E-state index contributed by atoms with van der Waals surface area (Å²) in [5, 5.41) is 0. The van der Waals surface area contributed by atoms with Crippen LogP contribution in [-0.2, 0) is 6.42 Å². The molecule has 3 heteroatoms. The number of rotatable bonds is 6. The van der Waals surface area contributed by atoms with Gasteiger partial charge in [-0.15, -0.1) is 0 Å². The molecule has 3 nitrogen and oxygen atoms in total. The number of aromatic nitrogens is 1. The maximum Gasteiger partial charge on any atom is 0.0416 e. The first-order valence-corrected chi connectivity index (χ1v) is 7.69. The van der Waals surface area contributed by atoms with Crippen LogP contribution in [0.2, 0.25) is 0 Å². The summed E-state index contributed by atoms with van der Waals surface area (Å²) in [6, 6.07) is 6.86. The zero-order valence-electron chi connectivity index (χ0n) is 12.1. The van der Waals surface area contributed by atoms with Gasteiger partial charge < -0.3 is 5.73 Å². The summed E-state index contributed by atoms with van der Waals surface area (Å²) in [7, 11) is 0. The van der Waals surface area contributed by atoms with Crippen molar-refractivity contribution in [2.45, 2.75) is 45.1 Å². The van der Waals surface area contributed by atoms with Crippen LogP contribution in [0, 0.1) is 5.92 Å². The van der Waals surface area contributed by atoms with Gasteiger partial charge in [0.15, 0.2) is 0 Å². The Kier molecular flexibility index (Phi) is 5.80. The third kappa shape index (κ3) is 4.02. The van der Waals surface area contributed by atoms with Crippen molar-refractivity contribution in [3.63, 3.8) is 0 Å². The smallest absolute Gasteiger partial charge is 0.0416 e. The maximum atomic E-state index is 5.95. The van der Waals surface area contributed by atoms with Gasteiger partial charge in [0.1, 0.15) is 0 Å². The lowest BCUT2D eigenvalue weighted by Gasteiger charge is -2.39. The molecule has 0 amide bonds. The summed E-state index contributed by atoms with van der Waals surface area (Å²) in [5.41, 5.74) is 7.15. The molecular formula is C16H27N3. The van der Waals surface area contributed by atoms with E-state index in [-0.39, 0.29) is 0 Å². The maximum absolute atomic E-state index is 5.95. The van der Waals surface area contributed by atoms with E-state index in [1.54, 1.807) is 0 Å². The van der Waals surface area contributed by atoms with Crippen LogP contribution in [0.15, 0.2) is 24.4 Å². The molecular weight excluding hydrogens is 234 g/mol. The van der Waals surface area contributed by atoms with Crippen LogP contribution >= 0.6 is 0 Å². The van der Waals surface area contributed by atoms with Gasteiger partial charge in [0.05, 0.1) is 0 Å². The minimum absolute atomic E-state index is 0.687. The Morgan fingerprint density at radius 2 is 2.16 bits per heavy atom. The molecule has 19 heavy (non-hydrogen) atoms. The molecule has 0 saturated heterocycles. The first-order valence-electron chi connectivity index (χ1n) is 7.69. The first-order chi connectivity index (χ1) is 9.35. The third-order valence-corrected chi connectivity index (χ3v) is 4.43. The van der Waals surface area contributed by atoms with Crippen molar-refractivity contribution in [3.8, 4) is 0 Å². The molecule has 0 spiro atoms. The fourth-order valence-corrected chi connectivity index (χ4v) is 3.31. The molecule has 1 aromatic heterocycles. The van der Waals surface area contributed by atoms with Crippen LogP contribution in [0.1, 0.15) is 38.3 Å². The average Bonchev–Trinajstić information content (AvgIpc) is 2.49. The minimum Gasteiger partial charge on any atom is -0.330 e. The highest BCUT2D eigenvalue weighted by Crippen LogP contribution is 2.27. The third-order valence-electron chi connectivity index (χ3n) is 4.43. The highest BCUT2D eigenvalue weighted by molar-refractivity contribution is 5.04. The summed E-state index contributed by atoms with van der Waals surface area (Å²) in [5.74, 6) is 0.692. The number of likely N-dealkylation sites (N-methyl/N-ethyl adjacent to an activating group) is 1. The van der Waals surface area contributed by atoms with Crippen molar-refractivity contribution >= 4 is 0 Å². The Bertz CT molecular complexity index is 352. The second-order valence-corrected chi connectivity index (χ2v) is 5.55. The van der Waals surface area contributed by atoms with Gasteiger partial charge in [-0.05, 0) is 44.0 Å². The van der Waals surface area contributed by atoms with Crippen molar-refractivity contribution in [2.75, 3.05) is 19.6 Å². The van der Waals surface area contributed by atoms with E-state index >= 15 is 0 Å². The molecule has 2 rings (SSSR count). The summed E-state index contributed by atoms with van der Waals surface area (Å²) in [4.78, 5) is 7.03. The highest BCUT2D eigenvalue weighted by Gasteiger charge is 2.28. The van der Waals surface area contributed by atoms with Crippen molar-refractivity contribution in [3.05, 3.63) is 30.1 Å². The summed E-state index contributed by atoms with van der Waals surface area (Å²) >= 11 is 0. The zero-order chi connectivity index (χ0) is 13.5. The Morgan fingerprint density at radius 1 is 1.32 bits per heavy atom. The number of hydrogen-bond acceptors (Lipinski definition) is 3. The molecule has 2 N–H and O–H groups in total. The Labute approximate surface area is 117 Å². The topological polar surface area (TPSA) is 42.2 Å². The highest BCUT2D eigenvalue weighted by atomic mass is 15.2. The van der Waals surface area contributed by atoms with E-state index in [0.29, 0.717) is 12.0 Å². The second-order valence-electron chi connectivity index (χ2n) is 5.55. The molecule has 0 radical (unpaired) electrons. The van der Waals surface area contributed by atoms with Crippen molar-refractivity contribution < 1.29 is 0 Å². The van der Waals surface area contributed by atoms with Gasteiger partial charge in [-0.25, -0.2) is 0 Å². The Balaban J connectivity index is 1.91. The van der Waals surface area contributed by atoms with Gasteiger partial charge in [-0.1, -0.05) is 25.8 Å². The van der Waals surface area contributed by atoms with Gasteiger partial charge in [-0.2, -0.15) is 0 Å². The predicted octanol–water partition coefficient (Wildman–Crippen LogP) is 2.46. The predicted molar refractivity (Wildman–Crippen MR) is 80.0 cm³/mol. The number of nitrogens with zero attached hydrogens (tertiary/aromatic N) is 2. The number of hydrogen-bond donors (Lipinski definition) is 1. The normalized spacial score (nSPS) is 23.7. The fraction of sp³-hybridized carbons (Fsp3) is 0.688. The molecule has 2 atom stereocenters. The Hall–Kier alpha value is -0.930. The quantitative estimate of drug-likeness (QED) is 0.855. The van der Waals surface area contributed by atoms with Crippen molar-refractivity contribution in [2.24, 2.45) is 11.7 Å². The molecule has 1 aromatic rings. The average molecular weight is 261 g/mol. The summed E-state index contributed by atoms with van der Waals surface area (Å²) in [6.07, 6.45) is 8.27. The van der Waals surface area contributed by atoms with Crippen LogP contribution in [0.4, 0.5) is 0 Å². The molecule has 0 aromatic carbocycles. The van der Waals surface area contributed by atoms with E-state index < -0.39 is 0 Å². The van der Waals surface area contributed by atoms with Gasteiger partial charge >= 0.3 is 0 Å². The van der Waals surface area contributed by atoms with Crippen LogP contribution in [0.3, 0.4) is 0 Å². The SMILES string of the molecule is CCN(CCc1ccccn1)C1CCCCC1CN. The van der Waals surface area contributed by atoms with E-state index in [1.807, 2.05) is 12.3 Å². The second kappa shape index (κ2) is 7.61. The number of pyridine rings is 1. The lowest BCUT2D eigenvalue weighted by Crippen LogP contribution is -2.45. The van der Waals surface area contributed by atoms with E-state index in [9.17, 15) is 0 Å². The van der Waals surface area contributed by atoms with Gasteiger partial charge in [0.2, 0.25) is 0 Å². The lowest BCUT2D eigenvalue weighted by atomic mass is 9.83. The lowest BCUT2D eigenvalue weighted by molar-refractivity contribution is 0.113. The molecule has 1 heterocycles. The molecule has 106 valence electrons. The van der Waals surface area contributed by atoms with E-state index in [1.165, 1.54) is 31.4 Å². The Morgan fingerprint density at radius 3 is 2.84 bits per heavy atom. The summed E-state index contributed by atoms with van der Waals surface area (Å²) < 4.78 is 0. The fourth-order valence-electron chi connectivity index (χ4n) is 3.31. The molecule has 1 saturated carbocycles. The van der Waals surface area contributed by atoms with Crippen LogP contribution in [0.5, 0.6) is 0 Å². The van der Waals surface area contributed by atoms with Crippen LogP contribution in [0.25, 0.3) is 0 Å². The molecule has 0 aliphatic heterocycles. The van der Waals surface area contributed by atoms with Crippen molar-refractivity contribution in [1.82, 2.24) is 9.88 Å². The van der Waals surface area contributed by atoms with Crippen LogP contribution in [-0.4, -0.2) is 35.6 Å². The van der Waals surface area contributed by atoms with Crippen molar-refractivity contribution in [1.29, 1.82) is 0 Å². The minimum atomic E-state index is 0.687. The van der Waals surface area contributed by atoms with Gasteiger partial charge in [0.25, 0.3) is 0 Å². The molecule has 0 bridgehead atoms. The molecule has 1 fully saturated rings. The van der Waals surface area contributed by atoms with Gasteiger partial charge in [0, 0.05) is 30.9 Å².